The lowest BCUT2D eigenvalue weighted by Gasteiger charge is -2.50. The molecule has 1 aliphatic heterocycles. The number of hydrogen-bond donors (Lipinski definition) is 1. The molecule has 18 heavy (non-hydrogen) atoms. The zero-order valence-corrected chi connectivity index (χ0v) is 12.3. The Labute approximate surface area is 113 Å². The number of nitrogens with zero attached hydrogens (tertiary/aromatic N) is 1. The van der Waals surface area contributed by atoms with Crippen molar-refractivity contribution in [1.82, 2.24) is 10.2 Å². The van der Waals surface area contributed by atoms with Crippen molar-refractivity contribution in [3.63, 3.8) is 0 Å². The number of rotatable bonds is 2. The van der Waals surface area contributed by atoms with Crippen LogP contribution in [0.1, 0.15) is 65.2 Å². The second-order valence-electron chi connectivity index (χ2n) is 7.44. The van der Waals surface area contributed by atoms with E-state index in [0.29, 0.717) is 5.54 Å². The molecular weight excluding hydrogens is 220 g/mol. The molecule has 3 fully saturated rings. The van der Waals surface area contributed by atoms with Crippen molar-refractivity contribution >= 4 is 0 Å². The van der Waals surface area contributed by atoms with E-state index in [4.69, 9.17) is 0 Å². The second-order valence-corrected chi connectivity index (χ2v) is 7.44. The fraction of sp³-hybridized carbons (Fsp3) is 1.00. The van der Waals surface area contributed by atoms with Crippen molar-refractivity contribution in [3.05, 3.63) is 0 Å². The third kappa shape index (κ3) is 2.75. The van der Waals surface area contributed by atoms with Crippen molar-refractivity contribution in [2.75, 3.05) is 13.1 Å². The highest BCUT2D eigenvalue weighted by molar-refractivity contribution is 5.00. The number of hydrogen-bond acceptors (Lipinski definition) is 2. The highest BCUT2D eigenvalue weighted by Gasteiger charge is 2.42. The van der Waals surface area contributed by atoms with Gasteiger partial charge in [0.2, 0.25) is 0 Å². The summed E-state index contributed by atoms with van der Waals surface area (Å²) in [4.78, 5) is 2.87. The summed E-state index contributed by atoms with van der Waals surface area (Å²) in [7, 11) is 0. The van der Waals surface area contributed by atoms with Crippen LogP contribution in [-0.4, -0.2) is 35.6 Å². The Hall–Kier alpha value is -0.0800. The Bertz CT molecular complexity index is 275. The first-order chi connectivity index (χ1) is 8.67. The summed E-state index contributed by atoms with van der Waals surface area (Å²) in [6.45, 7) is 7.37. The fourth-order valence-corrected chi connectivity index (χ4v) is 4.03. The van der Waals surface area contributed by atoms with Gasteiger partial charge in [0, 0.05) is 30.7 Å². The van der Waals surface area contributed by atoms with Crippen LogP contribution in [0, 0.1) is 5.92 Å². The first kappa shape index (κ1) is 12.9. The van der Waals surface area contributed by atoms with Crippen molar-refractivity contribution in [2.45, 2.75) is 82.8 Å². The summed E-state index contributed by atoms with van der Waals surface area (Å²) in [5, 5.41) is 3.81. The average Bonchev–Trinajstić information content (AvgIpc) is 3.15. The second kappa shape index (κ2) is 5.13. The predicted molar refractivity (Wildman–Crippen MR) is 76.8 cm³/mol. The van der Waals surface area contributed by atoms with E-state index in [-0.39, 0.29) is 0 Å². The molecular formula is C16H30N2. The molecule has 0 amide bonds. The lowest BCUT2D eigenvalue weighted by molar-refractivity contribution is 0.0148. The normalized spacial score (nSPS) is 35.3. The summed E-state index contributed by atoms with van der Waals surface area (Å²) in [6, 6.07) is 1.66. The molecule has 1 atom stereocenters. The monoisotopic (exact) mass is 250 g/mol. The van der Waals surface area contributed by atoms with Gasteiger partial charge in [0.1, 0.15) is 0 Å². The summed E-state index contributed by atoms with van der Waals surface area (Å²) >= 11 is 0. The van der Waals surface area contributed by atoms with Gasteiger partial charge in [-0.2, -0.15) is 0 Å². The van der Waals surface area contributed by atoms with Crippen LogP contribution in [0.4, 0.5) is 0 Å². The summed E-state index contributed by atoms with van der Waals surface area (Å²) in [6.07, 6.45) is 11.7. The average molecular weight is 250 g/mol. The van der Waals surface area contributed by atoms with Gasteiger partial charge in [0.25, 0.3) is 0 Å². The van der Waals surface area contributed by atoms with E-state index < -0.39 is 0 Å². The van der Waals surface area contributed by atoms with Crippen molar-refractivity contribution < 1.29 is 0 Å². The maximum absolute atomic E-state index is 3.81. The van der Waals surface area contributed by atoms with Gasteiger partial charge in [-0.1, -0.05) is 25.7 Å². The van der Waals surface area contributed by atoms with Crippen molar-refractivity contribution in [1.29, 1.82) is 0 Å². The molecule has 1 saturated heterocycles. The standard InChI is InChI=1S/C16H30N2/c1-16(2)12-17-15(13-9-10-13)11-18(16)14-7-5-3-4-6-8-14/h13-15,17H,3-12H2,1-2H3. The maximum atomic E-state index is 3.81. The molecule has 0 aromatic heterocycles. The molecule has 104 valence electrons. The van der Waals surface area contributed by atoms with Crippen molar-refractivity contribution in [3.8, 4) is 0 Å². The van der Waals surface area contributed by atoms with E-state index in [0.717, 1.165) is 18.0 Å². The van der Waals surface area contributed by atoms with Crippen LogP contribution in [0.15, 0.2) is 0 Å². The van der Waals surface area contributed by atoms with E-state index in [1.165, 1.54) is 64.5 Å². The fourth-order valence-electron chi connectivity index (χ4n) is 4.03. The lowest BCUT2D eigenvalue weighted by Crippen LogP contribution is -2.65. The van der Waals surface area contributed by atoms with E-state index in [2.05, 4.69) is 24.1 Å². The quantitative estimate of drug-likeness (QED) is 0.757. The third-order valence-electron chi connectivity index (χ3n) is 5.42. The first-order valence-corrected chi connectivity index (χ1v) is 8.17. The Morgan fingerprint density at radius 1 is 0.944 bits per heavy atom. The van der Waals surface area contributed by atoms with Gasteiger partial charge in [-0.05, 0) is 45.4 Å². The van der Waals surface area contributed by atoms with Crippen LogP contribution in [0.25, 0.3) is 0 Å². The molecule has 0 radical (unpaired) electrons. The molecule has 0 aromatic rings. The molecule has 0 spiro atoms. The SMILES string of the molecule is CC1(C)CNC(C2CC2)CN1C1CCCCCC1. The maximum Gasteiger partial charge on any atom is 0.0281 e. The summed E-state index contributed by atoms with van der Waals surface area (Å²) < 4.78 is 0. The Morgan fingerprint density at radius 2 is 1.61 bits per heavy atom. The third-order valence-corrected chi connectivity index (χ3v) is 5.42. The molecule has 2 nitrogen and oxygen atoms in total. The van der Waals surface area contributed by atoms with Gasteiger partial charge >= 0.3 is 0 Å². The van der Waals surface area contributed by atoms with Crippen LogP contribution in [0.3, 0.4) is 0 Å². The topological polar surface area (TPSA) is 15.3 Å². The largest absolute Gasteiger partial charge is 0.311 e. The zero-order valence-electron chi connectivity index (χ0n) is 12.3. The minimum absolute atomic E-state index is 0.362. The Morgan fingerprint density at radius 3 is 2.22 bits per heavy atom. The Balaban J connectivity index is 1.68. The van der Waals surface area contributed by atoms with Crippen LogP contribution < -0.4 is 5.32 Å². The molecule has 2 heteroatoms. The number of nitrogens with one attached hydrogen (secondary N) is 1. The van der Waals surface area contributed by atoms with Crippen LogP contribution in [0.2, 0.25) is 0 Å². The summed E-state index contributed by atoms with van der Waals surface area (Å²) in [5.74, 6) is 0.995. The van der Waals surface area contributed by atoms with Gasteiger partial charge in [0.05, 0.1) is 0 Å². The van der Waals surface area contributed by atoms with Gasteiger partial charge < -0.3 is 5.32 Å². The van der Waals surface area contributed by atoms with E-state index in [1.54, 1.807) is 0 Å². The molecule has 2 aliphatic carbocycles. The minimum atomic E-state index is 0.362. The van der Waals surface area contributed by atoms with E-state index >= 15 is 0 Å². The van der Waals surface area contributed by atoms with Crippen LogP contribution >= 0.6 is 0 Å². The number of piperazine rings is 1. The molecule has 0 aromatic carbocycles. The minimum Gasteiger partial charge on any atom is -0.311 e. The van der Waals surface area contributed by atoms with E-state index in [9.17, 15) is 0 Å². The van der Waals surface area contributed by atoms with E-state index in [1.807, 2.05) is 0 Å². The molecule has 3 rings (SSSR count). The van der Waals surface area contributed by atoms with Gasteiger partial charge in [-0.15, -0.1) is 0 Å². The van der Waals surface area contributed by atoms with Gasteiger partial charge in [-0.25, -0.2) is 0 Å². The molecule has 2 saturated carbocycles. The highest BCUT2D eigenvalue weighted by Crippen LogP contribution is 2.37. The smallest absolute Gasteiger partial charge is 0.0281 e. The molecule has 1 unspecified atom stereocenters. The van der Waals surface area contributed by atoms with Gasteiger partial charge in [0.15, 0.2) is 0 Å². The molecule has 1 heterocycles. The van der Waals surface area contributed by atoms with Crippen molar-refractivity contribution in [2.24, 2.45) is 5.92 Å². The van der Waals surface area contributed by atoms with Crippen LogP contribution in [-0.2, 0) is 0 Å². The molecule has 0 bridgehead atoms. The lowest BCUT2D eigenvalue weighted by atomic mass is 9.91. The summed E-state index contributed by atoms with van der Waals surface area (Å²) in [5.41, 5.74) is 0.362. The predicted octanol–water partition coefficient (Wildman–Crippen LogP) is 3.17. The van der Waals surface area contributed by atoms with Crippen LogP contribution in [0.5, 0.6) is 0 Å². The first-order valence-electron chi connectivity index (χ1n) is 8.17. The zero-order chi connectivity index (χ0) is 12.6. The molecule has 1 N–H and O–H groups in total. The Kier molecular flexibility index (Phi) is 3.68. The van der Waals surface area contributed by atoms with Gasteiger partial charge in [-0.3, -0.25) is 4.90 Å². The molecule has 3 aliphatic rings. The highest BCUT2D eigenvalue weighted by atomic mass is 15.3.